The number of fused-ring (bicyclic) bond motifs is 1. The van der Waals surface area contributed by atoms with Crippen LogP contribution >= 0.6 is 11.3 Å². The van der Waals surface area contributed by atoms with E-state index in [4.69, 9.17) is 0 Å². The fraction of sp³-hybridized carbons (Fsp3) is 0. The molecule has 2 N–H and O–H groups in total. The van der Waals surface area contributed by atoms with Crippen LogP contribution in [0.15, 0.2) is 95.5 Å². The summed E-state index contributed by atoms with van der Waals surface area (Å²) in [6.45, 7) is 0. The molecule has 1 amide bonds. The highest BCUT2D eigenvalue weighted by Gasteiger charge is 2.18. The SMILES string of the molecule is O=C(Nc1ccc(-c2cn3ccsc3n2)cc1)c1cccc(S(=O)(=O)Nc2ccccc2F)c1. The zero-order valence-electron chi connectivity index (χ0n) is 17.5. The summed E-state index contributed by atoms with van der Waals surface area (Å²) in [6, 6.07) is 18.2. The highest BCUT2D eigenvalue weighted by Crippen LogP contribution is 2.24. The molecule has 5 aromatic rings. The van der Waals surface area contributed by atoms with E-state index in [1.807, 2.05) is 34.3 Å². The molecule has 7 nitrogen and oxygen atoms in total. The Morgan fingerprint density at radius 3 is 2.56 bits per heavy atom. The van der Waals surface area contributed by atoms with E-state index in [9.17, 15) is 17.6 Å². The lowest BCUT2D eigenvalue weighted by Gasteiger charge is -2.10. The zero-order valence-corrected chi connectivity index (χ0v) is 19.1. The van der Waals surface area contributed by atoms with Gasteiger partial charge in [-0.15, -0.1) is 11.3 Å². The Balaban J connectivity index is 1.32. The number of aromatic nitrogens is 2. The molecular formula is C24H17FN4O3S2. The van der Waals surface area contributed by atoms with E-state index < -0.39 is 21.7 Å². The summed E-state index contributed by atoms with van der Waals surface area (Å²) in [4.78, 5) is 18.0. The van der Waals surface area contributed by atoms with E-state index in [-0.39, 0.29) is 16.1 Å². The first-order valence-corrected chi connectivity index (χ1v) is 12.5. The molecule has 0 unspecified atom stereocenters. The normalized spacial score (nSPS) is 11.4. The number of sulfonamides is 1. The van der Waals surface area contributed by atoms with Crippen molar-refractivity contribution in [3.05, 3.63) is 102 Å². The fourth-order valence-corrected chi connectivity index (χ4v) is 5.16. The highest BCUT2D eigenvalue weighted by atomic mass is 32.2. The molecule has 0 aliphatic rings. The van der Waals surface area contributed by atoms with Gasteiger partial charge in [-0.1, -0.05) is 30.3 Å². The lowest BCUT2D eigenvalue weighted by Crippen LogP contribution is -2.16. The minimum atomic E-state index is -4.09. The number of imidazole rings is 1. The van der Waals surface area contributed by atoms with Gasteiger partial charge in [0.1, 0.15) is 5.82 Å². The van der Waals surface area contributed by atoms with E-state index in [0.717, 1.165) is 22.3 Å². The first-order valence-electron chi connectivity index (χ1n) is 10.1. The van der Waals surface area contributed by atoms with E-state index in [1.165, 1.54) is 42.5 Å². The van der Waals surface area contributed by atoms with Crippen molar-refractivity contribution in [1.29, 1.82) is 0 Å². The number of amides is 1. The number of carbonyl (C=O) groups excluding carboxylic acids is 1. The Morgan fingerprint density at radius 1 is 1.00 bits per heavy atom. The molecule has 0 atom stereocenters. The second-order valence-electron chi connectivity index (χ2n) is 7.36. The van der Waals surface area contributed by atoms with Crippen molar-refractivity contribution in [1.82, 2.24) is 9.38 Å². The van der Waals surface area contributed by atoms with Crippen molar-refractivity contribution in [3.63, 3.8) is 0 Å². The number of carbonyl (C=O) groups is 1. The van der Waals surface area contributed by atoms with Gasteiger partial charge in [0.15, 0.2) is 4.96 Å². The number of halogens is 1. The Kier molecular flexibility index (Phi) is 5.60. The van der Waals surface area contributed by atoms with E-state index in [2.05, 4.69) is 15.0 Å². The number of nitrogens with one attached hydrogen (secondary N) is 2. The monoisotopic (exact) mass is 492 g/mol. The number of hydrogen-bond acceptors (Lipinski definition) is 5. The molecule has 5 rings (SSSR count). The summed E-state index contributed by atoms with van der Waals surface area (Å²) in [5.41, 5.74) is 2.25. The van der Waals surface area contributed by atoms with Crippen LogP contribution in [0.5, 0.6) is 0 Å². The predicted molar refractivity (Wildman–Crippen MR) is 130 cm³/mol. The minimum absolute atomic E-state index is 0.148. The van der Waals surface area contributed by atoms with Crippen LogP contribution < -0.4 is 10.0 Å². The summed E-state index contributed by atoms with van der Waals surface area (Å²) < 4.78 is 43.4. The molecular weight excluding hydrogens is 475 g/mol. The van der Waals surface area contributed by atoms with Crippen LogP contribution in [-0.2, 0) is 10.0 Å². The van der Waals surface area contributed by atoms with Crippen LogP contribution in [0, 0.1) is 5.82 Å². The topological polar surface area (TPSA) is 92.6 Å². The van der Waals surface area contributed by atoms with E-state index in [1.54, 1.807) is 23.5 Å². The average Bonchev–Trinajstić information content (AvgIpc) is 3.44. The molecule has 3 aromatic carbocycles. The van der Waals surface area contributed by atoms with Gasteiger partial charge in [0.2, 0.25) is 0 Å². The first kappa shape index (κ1) is 21.8. The Labute approximate surface area is 198 Å². The summed E-state index contributed by atoms with van der Waals surface area (Å²) >= 11 is 1.54. The number of para-hydroxylation sites is 1. The highest BCUT2D eigenvalue weighted by molar-refractivity contribution is 7.92. The maximum Gasteiger partial charge on any atom is 0.262 e. The molecule has 0 fully saturated rings. The van der Waals surface area contributed by atoms with Crippen molar-refractivity contribution < 1.29 is 17.6 Å². The van der Waals surface area contributed by atoms with Gasteiger partial charge in [-0.25, -0.2) is 17.8 Å². The van der Waals surface area contributed by atoms with Crippen LogP contribution in [0.2, 0.25) is 0 Å². The maximum atomic E-state index is 13.9. The van der Waals surface area contributed by atoms with Gasteiger partial charge < -0.3 is 5.32 Å². The molecule has 2 aromatic heterocycles. The molecule has 170 valence electrons. The van der Waals surface area contributed by atoms with Gasteiger partial charge >= 0.3 is 0 Å². The molecule has 2 heterocycles. The quantitative estimate of drug-likeness (QED) is 0.338. The van der Waals surface area contributed by atoms with E-state index >= 15 is 0 Å². The van der Waals surface area contributed by atoms with Crippen LogP contribution in [0.4, 0.5) is 15.8 Å². The van der Waals surface area contributed by atoms with Crippen LogP contribution in [0.25, 0.3) is 16.2 Å². The Bertz CT molecular complexity index is 1580. The Morgan fingerprint density at radius 2 is 1.79 bits per heavy atom. The number of nitrogens with zero attached hydrogens (tertiary/aromatic N) is 2. The van der Waals surface area contributed by atoms with Gasteiger partial charge in [0.25, 0.3) is 15.9 Å². The molecule has 10 heteroatoms. The molecule has 0 saturated carbocycles. The third-order valence-corrected chi connectivity index (χ3v) is 7.19. The standard InChI is InChI=1S/C24H17FN4O3S2/c25-20-6-1-2-7-21(20)28-34(31,32)19-5-3-4-17(14-19)23(30)26-18-10-8-16(9-11-18)22-15-29-12-13-33-24(29)27-22/h1-15,28H,(H,26,30). The molecule has 0 radical (unpaired) electrons. The number of anilines is 2. The zero-order chi connectivity index (χ0) is 23.7. The summed E-state index contributed by atoms with van der Waals surface area (Å²) in [5.74, 6) is -1.17. The third kappa shape index (κ3) is 4.41. The minimum Gasteiger partial charge on any atom is -0.322 e. The summed E-state index contributed by atoms with van der Waals surface area (Å²) in [5, 5.41) is 4.72. The first-order chi connectivity index (χ1) is 16.4. The predicted octanol–water partition coefficient (Wildman–Crippen LogP) is 5.26. The molecule has 0 bridgehead atoms. The fourth-order valence-electron chi connectivity index (χ4n) is 3.35. The second kappa shape index (κ2) is 8.73. The Hall–Kier alpha value is -4.02. The van der Waals surface area contributed by atoms with Gasteiger partial charge in [-0.3, -0.25) is 13.9 Å². The number of rotatable bonds is 6. The lowest BCUT2D eigenvalue weighted by atomic mass is 10.1. The summed E-state index contributed by atoms with van der Waals surface area (Å²) in [6.07, 6.45) is 3.87. The van der Waals surface area contributed by atoms with Crippen LogP contribution in [-0.4, -0.2) is 23.7 Å². The smallest absolute Gasteiger partial charge is 0.262 e. The number of benzene rings is 3. The van der Waals surface area contributed by atoms with Crippen molar-refractivity contribution in [3.8, 4) is 11.3 Å². The largest absolute Gasteiger partial charge is 0.322 e. The molecule has 0 saturated heterocycles. The van der Waals surface area contributed by atoms with Crippen molar-refractivity contribution in [2.45, 2.75) is 4.90 Å². The summed E-state index contributed by atoms with van der Waals surface area (Å²) in [7, 11) is -4.09. The van der Waals surface area contributed by atoms with Crippen LogP contribution in [0.1, 0.15) is 10.4 Å². The maximum absolute atomic E-state index is 13.9. The van der Waals surface area contributed by atoms with Gasteiger partial charge in [0.05, 0.1) is 16.3 Å². The number of thiazole rings is 1. The molecule has 0 aliphatic carbocycles. The average molecular weight is 493 g/mol. The third-order valence-electron chi connectivity index (χ3n) is 5.06. The lowest BCUT2D eigenvalue weighted by molar-refractivity contribution is 0.102. The van der Waals surface area contributed by atoms with Gasteiger partial charge in [-0.2, -0.15) is 0 Å². The van der Waals surface area contributed by atoms with E-state index in [0.29, 0.717) is 5.69 Å². The molecule has 34 heavy (non-hydrogen) atoms. The van der Waals surface area contributed by atoms with Gasteiger partial charge in [-0.05, 0) is 42.5 Å². The van der Waals surface area contributed by atoms with Crippen molar-refractivity contribution in [2.75, 3.05) is 10.0 Å². The second-order valence-corrected chi connectivity index (χ2v) is 9.92. The molecule has 0 spiro atoms. The van der Waals surface area contributed by atoms with Crippen LogP contribution in [0.3, 0.4) is 0 Å². The van der Waals surface area contributed by atoms with Crippen molar-refractivity contribution >= 4 is 43.6 Å². The molecule has 0 aliphatic heterocycles. The number of hydrogen-bond donors (Lipinski definition) is 2. The van der Waals surface area contributed by atoms with Crippen molar-refractivity contribution in [2.24, 2.45) is 0 Å². The van der Waals surface area contributed by atoms with Gasteiger partial charge in [0, 0.05) is 34.6 Å².